The summed E-state index contributed by atoms with van der Waals surface area (Å²) in [6.07, 6.45) is 2.72. The van der Waals surface area contributed by atoms with E-state index in [1.54, 1.807) is 6.26 Å². The van der Waals surface area contributed by atoms with E-state index in [2.05, 4.69) is 6.92 Å². The highest BCUT2D eigenvalue weighted by atomic mass is 16.5. The molecule has 0 radical (unpaired) electrons. The third-order valence-electron chi connectivity index (χ3n) is 2.27. The molecule has 0 unspecified atom stereocenters. The van der Waals surface area contributed by atoms with E-state index < -0.39 is 0 Å². The fourth-order valence-corrected chi connectivity index (χ4v) is 1.50. The molecular weight excluding hydrogens is 204 g/mol. The Hall–Kier alpha value is -1.48. The van der Waals surface area contributed by atoms with Gasteiger partial charge in [-0.25, -0.2) is 0 Å². The van der Waals surface area contributed by atoms with E-state index in [0.717, 1.165) is 29.7 Å². The SMILES string of the molecule is CCCOCCOc1ccc2occc2c1. The number of ether oxygens (including phenoxy) is 2. The monoisotopic (exact) mass is 220 g/mol. The zero-order valence-corrected chi connectivity index (χ0v) is 9.44. The second kappa shape index (κ2) is 5.56. The van der Waals surface area contributed by atoms with Gasteiger partial charge >= 0.3 is 0 Å². The number of furan rings is 1. The predicted molar refractivity (Wildman–Crippen MR) is 62.8 cm³/mol. The molecule has 0 N–H and O–H groups in total. The Morgan fingerprint density at radius 2 is 2.06 bits per heavy atom. The molecule has 0 saturated heterocycles. The predicted octanol–water partition coefficient (Wildman–Crippen LogP) is 3.24. The molecule has 0 aliphatic rings. The maximum absolute atomic E-state index is 5.56. The summed E-state index contributed by atoms with van der Waals surface area (Å²) in [5.74, 6) is 0.856. The van der Waals surface area contributed by atoms with Gasteiger partial charge in [0.05, 0.1) is 12.9 Å². The van der Waals surface area contributed by atoms with Gasteiger partial charge in [0.2, 0.25) is 0 Å². The van der Waals surface area contributed by atoms with E-state index >= 15 is 0 Å². The van der Waals surface area contributed by atoms with E-state index in [1.165, 1.54) is 0 Å². The normalized spacial score (nSPS) is 10.8. The number of hydrogen-bond acceptors (Lipinski definition) is 3. The van der Waals surface area contributed by atoms with E-state index in [9.17, 15) is 0 Å². The third-order valence-corrected chi connectivity index (χ3v) is 2.27. The summed E-state index contributed by atoms with van der Waals surface area (Å²) in [6.45, 7) is 4.11. The molecule has 86 valence electrons. The van der Waals surface area contributed by atoms with Crippen LogP contribution in [0.1, 0.15) is 13.3 Å². The molecule has 1 heterocycles. The largest absolute Gasteiger partial charge is 0.491 e. The maximum atomic E-state index is 5.56. The second-order valence-electron chi connectivity index (χ2n) is 3.58. The molecule has 1 aromatic carbocycles. The molecule has 0 fully saturated rings. The minimum Gasteiger partial charge on any atom is -0.491 e. The molecule has 2 aromatic rings. The Balaban J connectivity index is 1.84. The fraction of sp³-hybridized carbons (Fsp3) is 0.385. The zero-order valence-electron chi connectivity index (χ0n) is 9.44. The van der Waals surface area contributed by atoms with Gasteiger partial charge in [0, 0.05) is 12.0 Å². The van der Waals surface area contributed by atoms with Gasteiger partial charge in [-0.05, 0) is 30.7 Å². The average molecular weight is 220 g/mol. The van der Waals surface area contributed by atoms with Crippen molar-refractivity contribution in [2.45, 2.75) is 13.3 Å². The van der Waals surface area contributed by atoms with Crippen molar-refractivity contribution < 1.29 is 13.9 Å². The maximum Gasteiger partial charge on any atom is 0.134 e. The number of fused-ring (bicyclic) bond motifs is 1. The summed E-state index contributed by atoms with van der Waals surface area (Å²) in [7, 11) is 0. The summed E-state index contributed by atoms with van der Waals surface area (Å²) < 4.78 is 16.1. The van der Waals surface area contributed by atoms with Gasteiger partial charge in [-0.15, -0.1) is 0 Å². The summed E-state index contributed by atoms with van der Waals surface area (Å²) in [5.41, 5.74) is 0.884. The average Bonchev–Trinajstić information content (AvgIpc) is 2.76. The van der Waals surface area contributed by atoms with Crippen LogP contribution in [-0.2, 0) is 4.74 Å². The molecule has 3 heteroatoms. The van der Waals surface area contributed by atoms with Crippen LogP contribution in [0.15, 0.2) is 34.9 Å². The molecule has 3 nitrogen and oxygen atoms in total. The molecule has 0 aliphatic carbocycles. The van der Waals surface area contributed by atoms with E-state index in [4.69, 9.17) is 13.9 Å². The van der Waals surface area contributed by atoms with Crippen molar-refractivity contribution in [3.05, 3.63) is 30.5 Å². The molecule has 0 saturated carbocycles. The van der Waals surface area contributed by atoms with E-state index in [0.29, 0.717) is 13.2 Å². The molecule has 0 spiro atoms. The van der Waals surface area contributed by atoms with Crippen LogP contribution in [0.2, 0.25) is 0 Å². The van der Waals surface area contributed by atoms with Crippen molar-refractivity contribution in [3.63, 3.8) is 0 Å². The van der Waals surface area contributed by atoms with Crippen molar-refractivity contribution in [3.8, 4) is 5.75 Å². The van der Waals surface area contributed by atoms with E-state index in [-0.39, 0.29) is 0 Å². The van der Waals surface area contributed by atoms with Crippen LogP contribution in [0.5, 0.6) is 5.75 Å². The first-order valence-electron chi connectivity index (χ1n) is 5.58. The smallest absolute Gasteiger partial charge is 0.134 e. The van der Waals surface area contributed by atoms with Crippen molar-refractivity contribution >= 4 is 11.0 Å². The molecule has 0 atom stereocenters. The first-order valence-corrected chi connectivity index (χ1v) is 5.58. The van der Waals surface area contributed by atoms with Crippen molar-refractivity contribution in [2.75, 3.05) is 19.8 Å². The lowest BCUT2D eigenvalue weighted by atomic mass is 10.2. The van der Waals surface area contributed by atoms with Gasteiger partial charge in [0.25, 0.3) is 0 Å². The van der Waals surface area contributed by atoms with Gasteiger partial charge in [-0.2, -0.15) is 0 Å². The molecule has 0 aliphatic heterocycles. The van der Waals surface area contributed by atoms with Crippen molar-refractivity contribution in [2.24, 2.45) is 0 Å². The molecule has 16 heavy (non-hydrogen) atoms. The van der Waals surface area contributed by atoms with E-state index in [1.807, 2.05) is 24.3 Å². The summed E-state index contributed by atoms with van der Waals surface area (Å²) in [4.78, 5) is 0. The lowest BCUT2D eigenvalue weighted by Crippen LogP contribution is -2.06. The van der Waals surface area contributed by atoms with Crippen LogP contribution in [0.4, 0.5) is 0 Å². The quantitative estimate of drug-likeness (QED) is 0.700. The topological polar surface area (TPSA) is 31.6 Å². The van der Waals surface area contributed by atoms with Gasteiger partial charge in [0.15, 0.2) is 0 Å². The van der Waals surface area contributed by atoms with Gasteiger partial charge in [0.1, 0.15) is 17.9 Å². The first kappa shape index (κ1) is 11.0. The highest BCUT2D eigenvalue weighted by Crippen LogP contribution is 2.21. The summed E-state index contributed by atoms with van der Waals surface area (Å²) >= 11 is 0. The number of benzene rings is 1. The van der Waals surface area contributed by atoms with Crippen molar-refractivity contribution in [1.29, 1.82) is 0 Å². The Morgan fingerprint density at radius 1 is 1.12 bits per heavy atom. The fourth-order valence-electron chi connectivity index (χ4n) is 1.50. The number of rotatable bonds is 6. The molecular formula is C13H16O3. The Kier molecular flexibility index (Phi) is 3.83. The minimum atomic E-state index is 0.587. The third kappa shape index (κ3) is 2.76. The standard InChI is InChI=1S/C13H16O3/c1-2-6-14-8-9-15-12-3-4-13-11(10-12)5-7-16-13/h3-5,7,10H,2,6,8-9H2,1H3. The first-order chi connectivity index (χ1) is 7.90. The Labute approximate surface area is 95.0 Å². The van der Waals surface area contributed by atoms with Crippen LogP contribution in [0.3, 0.4) is 0 Å². The van der Waals surface area contributed by atoms with Crippen LogP contribution in [-0.4, -0.2) is 19.8 Å². The minimum absolute atomic E-state index is 0.587. The lowest BCUT2D eigenvalue weighted by Gasteiger charge is -2.06. The summed E-state index contributed by atoms with van der Waals surface area (Å²) in [5, 5.41) is 1.06. The van der Waals surface area contributed by atoms with Gasteiger partial charge < -0.3 is 13.9 Å². The molecule has 0 bridgehead atoms. The van der Waals surface area contributed by atoms with Crippen LogP contribution in [0.25, 0.3) is 11.0 Å². The Bertz CT molecular complexity index is 433. The van der Waals surface area contributed by atoms with Gasteiger partial charge in [-0.3, -0.25) is 0 Å². The Morgan fingerprint density at radius 3 is 2.94 bits per heavy atom. The summed E-state index contributed by atoms with van der Waals surface area (Å²) in [6, 6.07) is 7.72. The van der Waals surface area contributed by atoms with Gasteiger partial charge in [-0.1, -0.05) is 6.92 Å². The highest BCUT2D eigenvalue weighted by molar-refractivity contribution is 5.78. The van der Waals surface area contributed by atoms with Crippen LogP contribution >= 0.6 is 0 Å². The van der Waals surface area contributed by atoms with Crippen LogP contribution < -0.4 is 4.74 Å². The lowest BCUT2D eigenvalue weighted by molar-refractivity contribution is 0.101. The van der Waals surface area contributed by atoms with Crippen molar-refractivity contribution in [1.82, 2.24) is 0 Å². The van der Waals surface area contributed by atoms with Crippen LogP contribution in [0, 0.1) is 0 Å². The molecule has 1 aromatic heterocycles. The highest BCUT2D eigenvalue weighted by Gasteiger charge is 1.99. The molecule has 0 amide bonds. The zero-order chi connectivity index (χ0) is 11.2. The second-order valence-corrected chi connectivity index (χ2v) is 3.58. The molecule has 2 rings (SSSR count). The number of hydrogen-bond donors (Lipinski definition) is 0.